The summed E-state index contributed by atoms with van der Waals surface area (Å²) >= 11 is 0. The van der Waals surface area contributed by atoms with Gasteiger partial charge in [-0.2, -0.15) is 0 Å². The van der Waals surface area contributed by atoms with Crippen LogP contribution >= 0.6 is 0 Å². The van der Waals surface area contributed by atoms with Crippen molar-refractivity contribution in [2.24, 2.45) is 5.73 Å². The van der Waals surface area contributed by atoms with Gasteiger partial charge in [0.15, 0.2) is 6.10 Å². The van der Waals surface area contributed by atoms with Gasteiger partial charge in [-0.05, 0) is 18.6 Å². The quantitative estimate of drug-likeness (QED) is 0.835. The van der Waals surface area contributed by atoms with E-state index in [1.807, 2.05) is 31.2 Å². The molecule has 1 atom stereocenters. The first-order valence-corrected chi connectivity index (χ1v) is 7.04. The molecule has 6 heteroatoms. The standard InChI is InChI=1S/C16H20N2O4/c1-11(12-5-3-4-6-13(12)21-2)9-15(19)18-7-8-22-14(10-18)16(17)20/h3-6,9,14H,7-8,10H2,1-2H3,(H2,17,20). The fourth-order valence-corrected chi connectivity index (χ4v) is 2.35. The van der Waals surface area contributed by atoms with E-state index in [4.69, 9.17) is 15.2 Å². The van der Waals surface area contributed by atoms with Crippen molar-refractivity contribution in [3.05, 3.63) is 35.9 Å². The van der Waals surface area contributed by atoms with Gasteiger partial charge in [-0.3, -0.25) is 9.59 Å². The number of hydrogen-bond donors (Lipinski definition) is 1. The number of carbonyl (C=O) groups excluding carboxylic acids is 2. The summed E-state index contributed by atoms with van der Waals surface area (Å²) in [6.45, 7) is 2.78. The molecule has 0 aromatic heterocycles. The number of rotatable bonds is 4. The smallest absolute Gasteiger partial charge is 0.248 e. The van der Waals surface area contributed by atoms with Crippen LogP contribution in [0, 0.1) is 0 Å². The minimum absolute atomic E-state index is 0.169. The first-order chi connectivity index (χ1) is 10.5. The Morgan fingerprint density at radius 2 is 2.14 bits per heavy atom. The van der Waals surface area contributed by atoms with Crippen molar-refractivity contribution < 1.29 is 19.1 Å². The van der Waals surface area contributed by atoms with Gasteiger partial charge in [0, 0.05) is 18.2 Å². The number of allylic oxidation sites excluding steroid dienone is 1. The van der Waals surface area contributed by atoms with Crippen LogP contribution in [0.1, 0.15) is 12.5 Å². The van der Waals surface area contributed by atoms with Gasteiger partial charge in [-0.1, -0.05) is 18.2 Å². The average molecular weight is 304 g/mol. The molecule has 1 aromatic carbocycles. The number of benzene rings is 1. The highest BCUT2D eigenvalue weighted by atomic mass is 16.5. The molecule has 0 radical (unpaired) electrons. The number of para-hydroxylation sites is 1. The summed E-state index contributed by atoms with van der Waals surface area (Å²) in [6, 6.07) is 7.49. The Labute approximate surface area is 129 Å². The number of carbonyl (C=O) groups is 2. The van der Waals surface area contributed by atoms with E-state index < -0.39 is 12.0 Å². The van der Waals surface area contributed by atoms with Crippen LogP contribution in [0.3, 0.4) is 0 Å². The predicted molar refractivity (Wildman–Crippen MR) is 82.2 cm³/mol. The summed E-state index contributed by atoms with van der Waals surface area (Å²) in [7, 11) is 1.59. The van der Waals surface area contributed by atoms with Crippen LogP contribution in [0.4, 0.5) is 0 Å². The molecular formula is C16H20N2O4. The molecule has 1 aromatic rings. The lowest BCUT2D eigenvalue weighted by molar-refractivity contribution is -0.142. The highest BCUT2D eigenvalue weighted by molar-refractivity contribution is 5.96. The van der Waals surface area contributed by atoms with Crippen LogP contribution in [0.2, 0.25) is 0 Å². The Kier molecular flexibility index (Phi) is 5.16. The highest BCUT2D eigenvalue weighted by Gasteiger charge is 2.27. The van der Waals surface area contributed by atoms with Gasteiger partial charge in [0.1, 0.15) is 5.75 Å². The first-order valence-electron chi connectivity index (χ1n) is 7.04. The van der Waals surface area contributed by atoms with Crippen LogP contribution in [0.5, 0.6) is 5.75 Å². The third kappa shape index (κ3) is 3.65. The van der Waals surface area contributed by atoms with Crippen LogP contribution in [-0.4, -0.2) is 49.6 Å². The summed E-state index contributed by atoms with van der Waals surface area (Å²) < 4.78 is 10.5. The molecule has 2 N–H and O–H groups in total. The Morgan fingerprint density at radius 3 is 2.82 bits per heavy atom. The Balaban J connectivity index is 2.14. The molecule has 1 unspecified atom stereocenters. The molecule has 1 heterocycles. The zero-order valence-corrected chi connectivity index (χ0v) is 12.7. The minimum Gasteiger partial charge on any atom is -0.496 e. The highest BCUT2D eigenvalue weighted by Crippen LogP contribution is 2.25. The topological polar surface area (TPSA) is 81.9 Å². The predicted octanol–water partition coefficient (Wildman–Crippen LogP) is 0.811. The monoisotopic (exact) mass is 304 g/mol. The van der Waals surface area contributed by atoms with Gasteiger partial charge < -0.3 is 20.1 Å². The number of morpholine rings is 1. The molecule has 1 fully saturated rings. The van der Waals surface area contributed by atoms with Crippen molar-refractivity contribution >= 4 is 17.4 Å². The molecule has 0 aliphatic carbocycles. The molecule has 1 aliphatic heterocycles. The van der Waals surface area contributed by atoms with E-state index in [9.17, 15) is 9.59 Å². The second-order valence-corrected chi connectivity index (χ2v) is 5.07. The maximum Gasteiger partial charge on any atom is 0.248 e. The Bertz CT molecular complexity index is 598. The van der Waals surface area contributed by atoms with Crippen molar-refractivity contribution in [3.63, 3.8) is 0 Å². The van der Waals surface area contributed by atoms with Crippen molar-refractivity contribution in [2.75, 3.05) is 26.8 Å². The van der Waals surface area contributed by atoms with Crippen LogP contribution in [-0.2, 0) is 14.3 Å². The van der Waals surface area contributed by atoms with Gasteiger partial charge in [-0.15, -0.1) is 0 Å². The largest absolute Gasteiger partial charge is 0.496 e. The first kappa shape index (κ1) is 16.0. The molecule has 2 rings (SSSR count). The number of ether oxygens (including phenoxy) is 2. The third-order valence-electron chi connectivity index (χ3n) is 3.57. The number of methoxy groups -OCH3 is 1. The summed E-state index contributed by atoms with van der Waals surface area (Å²) in [5.74, 6) is -0.0121. The van der Waals surface area contributed by atoms with Gasteiger partial charge in [0.2, 0.25) is 11.8 Å². The lowest BCUT2D eigenvalue weighted by Gasteiger charge is -2.30. The molecule has 1 aliphatic rings. The van der Waals surface area contributed by atoms with Crippen molar-refractivity contribution in [2.45, 2.75) is 13.0 Å². The maximum atomic E-state index is 12.4. The van der Waals surface area contributed by atoms with Gasteiger partial charge in [0.05, 0.1) is 20.3 Å². The van der Waals surface area contributed by atoms with Crippen molar-refractivity contribution in [3.8, 4) is 5.75 Å². The Morgan fingerprint density at radius 1 is 1.41 bits per heavy atom. The van der Waals surface area contributed by atoms with Gasteiger partial charge in [0.25, 0.3) is 0 Å². The lowest BCUT2D eigenvalue weighted by Crippen LogP contribution is -2.50. The van der Waals surface area contributed by atoms with Crippen LogP contribution in [0.25, 0.3) is 5.57 Å². The van der Waals surface area contributed by atoms with E-state index in [1.165, 1.54) is 0 Å². The zero-order chi connectivity index (χ0) is 16.1. The van der Waals surface area contributed by atoms with E-state index in [-0.39, 0.29) is 12.5 Å². The normalized spacial score (nSPS) is 18.9. The number of nitrogens with zero attached hydrogens (tertiary/aromatic N) is 1. The van der Waals surface area contributed by atoms with E-state index in [1.54, 1.807) is 18.1 Å². The maximum absolute atomic E-state index is 12.4. The summed E-state index contributed by atoms with van der Waals surface area (Å²) in [6.07, 6.45) is 0.805. The lowest BCUT2D eigenvalue weighted by atomic mass is 10.1. The molecule has 0 bridgehead atoms. The van der Waals surface area contributed by atoms with Gasteiger partial charge in [-0.25, -0.2) is 0 Å². The van der Waals surface area contributed by atoms with E-state index in [2.05, 4.69) is 0 Å². The zero-order valence-electron chi connectivity index (χ0n) is 12.7. The number of nitrogens with two attached hydrogens (primary N) is 1. The molecule has 6 nitrogen and oxygen atoms in total. The Hall–Kier alpha value is -2.34. The molecular weight excluding hydrogens is 284 g/mol. The SMILES string of the molecule is COc1ccccc1C(C)=CC(=O)N1CCOC(C(N)=O)C1. The van der Waals surface area contributed by atoms with Crippen LogP contribution < -0.4 is 10.5 Å². The molecule has 22 heavy (non-hydrogen) atoms. The average Bonchev–Trinajstić information content (AvgIpc) is 2.54. The summed E-state index contributed by atoms with van der Waals surface area (Å²) in [5, 5.41) is 0. The third-order valence-corrected chi connectivity index (χ3v) is 3.57. The number of primary amides is 1. The van der Waals surface area contributed by atoms with E-state index >= 15 is 0 Å². The second kappa shape index (κ2) is 7.09. The molecule has 0 saturated carbocycles. The molecule has 2 amide bonds. The molecule has 0 spiro atoms. The summed E-state index contributed by atoms with van der Waals surface area (Å²) in [4.78, 5) is 25.1. The van der Waals surface area contributed by atoms with Crippen molar-refractivity contribution in [1.82, 2.24) is 4.90 Å². The van der Waals surface area contributed by atoms with Crippen LogP contribution in [0.15, 0.2) is 30.3 Å². The van der Waals surface area contributed by atoms with Gasteiger partial charge >= 0.3 is 0 Å². The molecule has 118 valence electrons. The summed E-state index contributed by atoms with van der Waals surface area (Å²) in [5.41, 5.74) is 6.88. The van der Waals surface area contributed by atoms with Crippen molar-refractivity contribution in [1.29, 1.82) is 0 Å². The van der Waals surface area contributed by atoms with E-state index in [0.29, 0.717) is 18.9 Å². The fourth-order valence-electron chi connectivity index (χ4n) is 2.35. The molecule has 1 saturated heterocycles. The number of hydrogen-bond acceptors (Lipinski definition) is 4. The second-order valence-electron chi connectivity index (χ2n) is 5.07. The fraction of sp³-hybridized carbons (Fsp3) is 0.375. The minimum atomic E-state index is -0.738. The van der Waals surface area contributed by atoms with E-state index in [0.717, 1.165) is 11.1 Å². The number of amides is 2.